The molecule has 2 amide bonds. The van der Waals surface area contributed by atoms with Gasteiger partial charge in [0.2, 0.25) is 5.91 Å². The standard InChI is InChI=1S/C13H17N3O3/c1-9-13(18)15-5-6-16(9)12(17)8-19-11-4-2-3-10(14)7-11/h2-4,7,9H,5-6,8,14H2,1H3,(H,15,18). The van der Waals surface area contributed by atoms with Gasteiger partial charge in [-0.3, -0.25) is 9.59 Å². The highest BCUT2D eigenvalue weighted by atomic mass is 16.5. The molecule has 0 spiro atoms. The summed E-state index contributed by atoms with van der Waals surface area (Å²) in [5.74, 6) is 0.204. The molecule has 1 heterocycles. The monoisotopic (exact) mass is 263 g/mol. The molecule has 1 atom stereocenters. The summed E-state index contributed by atoms with van der Waals surface area (Å²) >= 11 is 0. The Kier molecular flexibility index (Phi) is 3.89. The molecule has 0 bridgehead atoms. The lowest BCUT2D eigenvalue weighted by molar-refractivity contribution is -0.143. The first-order chi connectivity index (χ1) is 9.08. The molecule has 0 saturated carbocycles. The van der Waals surface area contributed by atoms with Crippen LogP contribution in [0, 0.1) is 0 Å². The van der Waals surface area contributed by atoms with Crippen molar-refractivity contribution in [2.45, 2.75) is 13.0 Å². The number of nitrogens with two attached hydrogens (primary N) is 1. The lowest BCUT2D eigenvalue weighted by Gasteiger charge is -2.32. The predicted octanol–water partition coefficient (Wildman–Crippen LogP) is -0.00550. The Morgan fingerprint density at radius 2 is 2.37 bits per heavy atom. The number of amides is 2. The summed E-state index contributed by atoms with van der Waals surface area (Å²) in [7, 11) is 0. The van der Waals surface area contributed by atoms with E-state index >= 15 is 0 Å². The molecule has 19 heavy (non-hydrogen) atoms. The number of nitrogens with zero attached hydrogens (tertiary/aromatic N) is 1. The quantitative estimate of drug-likeness (QED) is 0.751. The summed E-state index contributed by atoms with van der Waals surface area (Å²) < 4.78 is 5.38. The summed E-state index contributed by atoms with van der Waals surface area (Å²) in [4.78, 5) is 25.0. The molecule has 0 radical (unpaired) electrons. The number of hydrogen-bond acceptors (Lipinski definition) is 4. The second-order valence-corrected chi connectivity index (χ2v) is 4.42. The summed E-state index contributed by atoms with van der Waals surface area (Å²) in [6, 6.07) is 6.43. The number of nitrogen functional groups attached to an aromatic ring is 1. The van der Waals surface area contributed by atoms with Gasteiger partial charge < -0.3 is 20.7 Å². The van der Waals surface area contributed by atoms with E-state index < -0.39 is 6.04 Å². The minimum Gasteiger partial charge on any atom is -0.484 e. The van der Waals surface area contributed by atoms with Gasteiger partial charge in [-0.25, -0.2) is 0 Å². The number of carbonyl (C=O) groups is 2. The fraction of sp³-hybridized carbons (Fsp3) is 0.385. The average Bonchev–Trinajstić information content (AvgIpc) is 2.39. The van der Waals surface area contributed by atoms with E-state index in [0.29, 0.717) is 24.5 Å². The molecule has 1 aliphatic heterocycles. The third-order valence-electron chi connectivity index (χ3n) is 3.04. The zero-order valence-electron chi connectivity index (χ0n) is 10.8. The molecule has 1 unspecified atom stereocenters. The molecule has 6 nitrogen and oxygen atoms in total. The zero-order valence-corrected chi connectivity index (χ0v) is 10.8. The minimum atomic E-state index is -0.453. The van der Waals surface area contributed by atoms with E-state index in [4.69, 9.17) is 10.5 Å². The first-order valence-electron chi connectivity index (χ1n) is 6.13. The summed E-state index contributed by atoms with van der Waals surface area (Å²) in [5, 5.41) is 2.71. The van der Waals surface area contributed by atoms with Crippen molar-refractivity contribution in [3.63, 3.8) is 0 Å². The first kappa shape index (κ1) is 13.2. The normalized spacial score (nSPS) is 18.9. The highest BCUT2D eigenvalue weighted by molar-refractivity contribution is 5.89. The van der Waals surface area contributed by atoms with Crippen LogP contribution in [0.2, 0.25) is 0 Å². The number of nitrogens with one attached hydrogen (secondary N) is 1. The summed E-state index contributed by atoms with van der Waals surface area (Å²) in [6.07, 6.45) is 0. The lowest BCUT2D eigenvalue weighted by atomic mass is 10.2. The Hall–Kier alpha value is -2.24. The van der Waals surface area contributed by atoms with Gasteiger partial charge in [-0.05, 0) is 19.1 Å². The van der Waals surface area contributed by atoms with Crippen molar-refractivity contribution in [2.24, 2.45) is 0 Å². The molecule has 0 aromatic heterocycles. The molecular formula is C13H17N3O3. The molecule has 1 saturated heterocycles. The summed E-state index contributed by atoms with van der Waals surface area (Å²) in [6.45, 7) is 2.59. The fourth-order valence-corrected chi connectivity index (χ4v) is 1.96. The molecule has 1 aromatic carbocycles. The van der Waals surface area contributed by atoms with E-state index in [1.54, 1.807) is 31.2 Å². The van der Waals surface area contributed by atoms with Crippen LogP contribution in [0.25, 0.3) is 0 Å². The van der Waals surface area contributed by atoms with Gasteiger partial charge in [-0.2, -0.15) is 0 Å². The number of hydrogen-bond donors (Lipinski definition) is 2. The van der Waals surface area contributed by atoms with Crippen molar-refractivity contribution in [1.82, 2.24) is 10.2 Å². The van der Waals surface area contributed by atoms with Crippen LogP contribution in [0.5, 0.6) is 5.75 Å². The average molecular weight is 263 g/mol. The molecule has 1 fully saturated rings. The van der Waals surface area contributed by atoms with Crippen molar-refractivity contribution in [3.8, 4) is 5.75 Å². The number of benzene rings is 1. The summed E-state index contributed by atoms with van der Waals surface area (Å²) in [5.41, 5.74) is 6.20. The second kappa shape index (κ2) is 5.60. The van der Waals surface area contributed by atoms with Gasteiger partial charge in [0.05, 0.1) is 0 Å². The molecule has 2 rings (SSSR count). The zero-order chi connectivity index (χ0) is 13.8. The smallest absolute Gasteiger partial charge is 0.261 e. The maximum atomic E-state index is 12.0. The van der Waals surface area contributed by atoms with E-state index in [9.17, 15) is 9.59 Å². The number of anilines is 1. The minimum absolute atomic E-state index is 0.0962. The van der Waals surface area contributed by atoms with E-state index in [1.807, 2.05) is 0 Å². The largest absolute Gasteiger partial charge is 0.484 e. The van der Waals surface area contributed by atoms with Crippen LogP contribution in [0.3, 0.4) is 0 Å². The predicted molar refractivity (Wildman–Crippen MR) is 70.5 cm³/mol. The third-order valence-corrected chi connectivity index (χ3v) is 3.04. The Balaban J connectivity index is 1.92. The fourth-order valence-electron chi connectivity index (χ4n) is 1.96. The Morgan fingerprint density at radius 3 is 3.11 bits per heavy atom. The number of ether oxygens (including phenoxy) is 1. The van der Waals surface area contributed by atoms with Gasteiger partial charge in [-0.15, -0.1) is 0 Å². The Bertz CT molecular complexity index is 490. The molecular weight excluding hydrogens is 246 g/mol. The Labute approximate surface area is 111 Å². The van der Waals surface area contributed by atoms with Gasteiger partial charge in [-0.1, -0.05) is 6.07 Å². The molecule has 102 valence electrons. The van der Waals surface area contributed by atoms with Gasteiger partial charge in [0.1, 0.15) is 11.8 Å². The van der Waals surface area contributed by atoms with E-state index in [-0.39, 0.29) is 18.4 Å². The lowest BCUT2D eigenvalue weighted by Crippen LogP contribution is -2.56. The van der Waals surface area contributed by atoms with E-state index in [0.717, 1.165) is 0 Å². The molecule has 6 heteroatoms. The van der Waals surface area contributed by atoms with Crippen LogP contribution < -0.4 is 15.8 Å². The second-order valence-electron chi connectivity index (χ2n) is 4.42. The molecule has 1 aliphatic rings. The maximum Gasteiger partial charge on any atom is 0.261 e. The van der Waals surface area contributed by atoms with Crippen LogP contribution in [0.4, 0.5) is 5.69 Å². The van der Waals surface area contributed by atoms with E-state index in [2.05, 4.69) is 5.32 Å². The highest BCUT2D eigenvalue weighted by Crippen LogP contribution is 2.14. The molecule has 3 N–H and O–H groups in total. The van der Waals surface area contributed by atoms with Crippen LogP contribution in [-0.4, -0.2) is 42.5 Å². The molecule has 0 aliphatic carbocycles. The van der Waals surface area contributed by atoms with Crippen LogP contribution in [-0.2, 0) is 9.59 Å². The van der Waals surface area contributed by atoms with Gasteiger partial charge in [0, 0.05) is 24.8 Å². The number of rotatable bonds is 3. The van der Waals surface area contributed by atoms with Gasteiger partial charge in [0.15, 0.2) is 6.61 Å². The third kappa shape index (κ3) is 3.15. The maximum absolute atomic E-state index is 12.0. The van der Waals surface area contributed by atoms with Crippen molar-refractivity contribution in [2.75, 3.05) is 25.4 Å². The van der Waals surface area contributed by atoms with Gasteiger partial charge >= 0.3 is 0 Å². The van der Waals surface area contributed by atoms with E-state index in [1.165, 1.54) is 4.90 Å². The van der Waals surface area contributed by atoms with Crippen LogP contribution in [0.1, 0.15) is 6.92 Å². The van der Waals surface area contributed by atoms with Crippen LogP contribution in [0.15, 0.2) is 24.3 Å². The number of carbonyl (C=O) groups excluding carboxylic acids is 2. The van der Waals surface area contributed by atoms with Crippen molar-refractivity contribution in [1.29, 1.82) is 0 Å². The first-order valence-corrected chi connectivity index (χ1v) is 6.13. The van der Waals surface area contributed by atoms with Gasteiger partial charge in [0.25, 0.3) is 5.91 Å². The van der Waals surface area contributed by atoms with Crippen molar-refractivity contribution in [3.05, 3.63) is 24.3 Å². The van der Waals surface area contributed by atoms with Crippen LogP contribution >= 0.6 is 0 Å². The number of piperazine rings is 1. The topological polar surface area (TPSA) is 84.7 Å². The Morgan fingerprint density at radius 1 is 1.58 bits per heavy atom. The van der Waals surface area contributed by atoms with Crippen molar-refractivity contribution < 1.29 is 14.3 Å². The molecule has 1 aromatic rings. The van der Waals surface area contributed by atoms with Crippen molar-refractivity contribution >= 4 is 17.5 Å². The SMILES string of the molecule is CC1C(=O)NCCN1C(=O)COc1cccc(N)c1. The highest BCUT2D eigenvalue weighted by Gasteiger charge is 2.29.